The number of aliphatic carboxylic acids is 1. The van der Waals surface area contributed by atoms with Crippen molar-refractivity contribution < 1.29 is 47.0 Å². The molecule has 0 aromatic carbocycles. The number of Topliss-reactive ketones (excluding diaryl/α,β-unsaturated/α-hetero) is 1. The Morgan fingerprint density at radius 3 is 2.03 bits per heavy atom. The molecule has 3 N–H and O–H groups in total. The molecule has 2 heterocycles. The van der Waals surface area contributed by atoms with Crippen molar-refractivity contribution in [2.24, 2.45) is 17.6 Å². The Balaban J connectivity index is 2.38. The van der Waals surface area contributed by atoms with E-state index >= 15 is 0 Å². The van der Waals surface area contributed by atoms with Crippen LogP contribution in [0, 0.1) is 11.8 Å². The van der Waals surface area contributed by atoms with Crippen molar-refractivity contribution in [1.82, 2.24) is 19.6 Å². The van der Waals surface area contributed by atoms with E-state index in [1.54, 1.807) is 13.8 Å². The number of nitrogens with two attached hydrogens (primary N) is 1. The predicted molar refractivity (Wildman–Crippen MR) is 125 cm³/mol. The second-order valence-electron chi connectivity index (χ2n) is 10.1. The molecule has 38 heavy (non-hydrogen) atoms. The average molecular weight is 550 g/mol. The number of alkyl halides is 3. The zero-order valence-corrected chi connectivity index (χ0v) is 21.7. The number of carboxylic acids is 1. The molecule has 2 saturated heterocycles. The average Bonchev–Trinajstić information content (AvgIpc) is 3.40. The van der Waals surface area contributed by atoms with Gasteiger partial charge in [-0.15, -0.1) is 0 Å². The van der Waals surface area contributed by atoms with E-state index in [0.29, 0.717) is 0 Å². The Hall–Kier alpha value is -3.07. The Labute approximate surface area is 217 Å². The zero-order chi connectivity index (χ0) is 29.1. The lowest BCUT2D eigenvalue weighted by atomic mass is 9.96. The van der Waals surface area contributed by atoms with E-state index in [1.807, 2.05) is 0 Å². The van der Waals surface area contributed by atoms with E-state index in [0.717, 1.165) is 14.7 Å². The van der Waals surface area contributed by atoms with E-state index in [-0.39, 0.29) is 37.4 Å². The largest absolute Gasteiger partial charge is 0.480 e. The first-order valence-corrected chi connectivity index (χ1v) is 12.3. The molecular weight excluding hydrogens is 515 g/mol. The van der Waals surface area contributed by atoms with Crippen molar-refractivity contribution in [2.75, 3.05) is 32.7 Å². The third-order valence-electron chi connectivity index (χ3n) is 6.64. The van der Waals surface area contributed by atoms with Gasteiger partial charge in [0.1, 0.15) is 13.1 Å². The summed E-state index contributed by atoms with van der Waals surface area (Å²) >= 11 is 0. The van der Waals surface area contributed by atoms with Gasteiger partial charge >= 0.3 is 18.2 Å². The number of likely N-dealkylation sites (tertiary alicyclic amines) is 1. The highest BCUT2D eigenvalue weighted by molar-refractivity contribution is 6.14. The molecule has 5 amide bonds. The molecule has 0 saturated carbocycles. The first kappa shape index (κ1) is 31.1. The molecule has 2 rings (SSSR count). The van der Waals surface area contributed by atoms with Gasteiger partial charge in [0, 0.05) is 13.1 Å². The van der Waals surface area contributed by atoms with E-state index in [4.69, 9.17) is 10.8 Å². The minimum absolute atomic E-state index is 0.00214. The molecule has 2 aliphatic heterocycles. The first-order chi connectivity index (χ1) is 17.5. The number of amides is 5. The van der Waals surface area contributed by atoms with Gasteiger partial charge in [-0.1, -0.05) is 27.7 Å². The standard InChI is InChI=1S/C23H34F3N5O7/c1-12(2)17(27)21(37)31(15(32)10-28-8-9-29(22(28)38)11-16(33)34)20(36)14-6-5-7-30(14)18(13(3)4)19(35)23(24,25)26/h12-14,17-18H,5-11,27H2,1-4H3,(H,33,34)/t14-,17-,18-/m0/s1. The quantitative estimate of drug-likeness (QED) is 0.390. The molecule has 0 aromatic heterocycles. The maximum Gasteiger partial charge on any atom is 0.451 e. The Bertz CT molecular complexity index is 972. The van der Waals surface area contributed by atoms with Gasteiger partial charge in [0.15, 0.2) is 0 Å². The van der Waals surface area contributed by atoms with Crippen molar-refractivity contribution in [3.8, 4) is 0 Å². The van der Waals surface area contributed by atoms with Crippen LogP contribution in [0.2, 0.25) is 0 Å². The van der Waals surface area contributed by atoms with E-state index in [9.17, 15) is 41.9 Å². The van der Waals surface area contributed by atoms with E-state index in [2.05, 4.69) is 0 Å². The summed E-state index contributed by atoms with van der Waals surface area (Å²) in [5.74, 6) is -7.98. The highest BCUT2D eigenvalue weighted by Crippen LogP contribution is 2.31. The number of imide groups is 3. The second kappa shape index (κ2) is 12.2. The molecule has 0 bridgehead atoms. The van der Waals surface area contributed by atoms with Gasteiger partial charge in [-0.3, -0.25) is 28.9 Å². The molecule has 0 spiro atoms. The number of urea groups is 1. The van der Waals surface area contributed by atoms with Crippen molar-refractivity contribution in [3.05, 3.63) is 0 Å². The number of carbonyl (C=O) groups is 6. The highest BCUT2D eigenvalue weighted by Gasteiger charge is 2.51. The van der Waals surface area contributed by atoms with Crippen LogP contribution in [-0.2, 0) is 24.0 Å². The minimum Gasteiger partial charge on any atom is -0.480 e. The van der Waals surface area contributed by atoms with Crippen LogP contribution in [-0.4, -0.2) is 117 Å². The number of ketones is 1. The SMILES string of the molecule is CC(C)[C@H](N)C(=O)N(C(=O)CN1CCN(CC(=O)O)C1=O)C(=O)[C@@H]1CCCN1[C@H](C(=O)C(F)(F)F)C(C)C. The summed E-state index contributed by atoms with van der Waals surface area (Å²) in [5.41, 5.74) is 5.93. The van der Waals surface area contributed by atoms with Gasteiger partial charge in [0.2, 0.25) is 0 Å². The van der Waals surface area contributed by atoms with Gasteiger partial charge in [0.05, 0.1) is 18.1 Å². The van der Waals surface area contributed by atoms with Crippen LogP contribution < -0.4 is 5.73 Å². The number of rotatable bonds is 10. The first-order valence-electron chi connectivity index (χ1n) is 12.3. The van der Waals surface area contributed by atoms with Crippen LogP contribution in [0.1, 0.15) is 40.5 Å². The highest BCUT2D eigenvalue weighted by atomic mass is 19.4. The van der Waals surface area contributed by atoms with Gasteiger partial charge in [-0.25, -0.2) is 9.69 Å². The van der Waals surface area contributed by atoms with Gasteiger partial charge in [-0.05, 0) is 31.2 Å². The molecule has 0 unspecified atom stereocenters. The van der Waals surface area contributed by atoms with Crippen molar-refractivity contribution >= 4 is 35.5 Å². The summed E-state index contributed by atoms with van der Waals surface area (Å²) in [6.45, 7) is 4.50. The predicted octanol–water partition coefficient (Wildman–Crippen LogP) is 0.294. The summed E-state index contributed by atoms with van der Waals surface area (Å²) in [6, 6.07) is -5.18. The Morgan fingerprint density at radius 2 is 1.55 bits per heavy atom. The molecular formula is C23H34F3N5O7. The molecule has 0 aliphatic carbocycles. The fraction of sp³-hybridized carbons (Fsp3) is 0.739. The maximum absolute atomic E-state index is 13.6. The summed E-state index contributed by atoms with van der Waals surface area (Å²) in [7, 11) is 0. The Kier molecular flexibility index (Phi) is 10.00. The fourth-order valence-electron chi connectivity index (χ4n) is 4.65. The monoisotopic (exact) mass is 549 g/mol. The van der Waals surface area contributed by atoms with Gasteiger partial charge < -0.3 is 20.6 Å². The fourth-order valence-corrected chi connectivity index (χ4v) is 4.65. The molecule has 15 heteroatoms. The number of nitrogens with zero attached hydrogens (tertiary/aromatic N) is 4. The lowest BCUT2D eigenvalue weighted by Gasteiger charge is -2.36. The minimum atomic E-state index is -5.16. The molecule has 0 radical (unpaired) electrons. The van der Waals surface area contributed by atoms with E-state index < -0.39 is 84.7 Å². The summed E-state index contributed by atoms with van der Waals surface area (Å²) in [5, 5.41) is 8.94. The smallest absolute Gasteiger partial charge is 0.451 e. The zero-order valence-electron chi connectivity index (χ0n) is 21.7. The number of carbonyl (C=O) groups excluding carboxylic acids is 5. The van der Waals surface area contributed by atoms with Crippen LogP contribution >= 0.6 is 0 Å². The van der Waals surface area contributed by atoms with Gasteiger partial charge in [-0.2, -0.15) is 13.2 Å². The van der Waals surface area contributed by atoms with Gasteiger partial charge in [0.25, 0.3) is 23.5 Å². The number of hydrogen-bond acceptors (Lipinski definition) is 8. The third-order valence-corrected chi connectivity index (χ3v) is 6.64. The second-order valence-corrected chi connectivity index (χ2v) is 10.1. The summed E-state index contributed by atoms with van der Waals surface area (Å²) in [4.78, 5) is 79.1. The molecule has 2 fully saturated rings. The normalized spacial score (nSPS) is 20.3. The lowest BCUT2D eigenvalue weighted by Crippen LogP contribution is -2.60. The van der Waals surface area contributed by atoms with Crippen LogP contribution in [0.15, 0.2) is 0 Å². The number of carboxylic acid groups (broad SMARTS) is 1. The summed E-state index contributed by atoms with van der Waals surface area (Å²) < 4.78 is 40.1. The van der Waals surface area contributed by atoms with E-state index in [1.165, 1.54) is 13.8 Å². The molecule has 3 atom stereocenters. The van der Waals surface area contributed by atoms with Crippen molar-refractivity contribution in [3.63, 3.8) is 0 Å². The van der Waals surface area contributed by atoms with Crippen LogP contribution in [0.5, 0.6) is 0 Å². The summed E-state index contributed by atoms with van der Waals surface area (Å²) in [6.07, 6.45) is -4.92. The number of halogens is 3. The molecule has 0 aromatic rings. The lowest BCUT2D eigenvalue weighted by molar-refractivity contribution is -0.179. The van der Waals surface area contributed by atoms with Crippen LogP contribution in [0.4, 0.5) is 18.0 Å². The maximum atomic E-state index is 13.6. The topological polar surface area (TPSA) is 162 Å². The third kappa shape index (κ3) is 6.87. The molecule has 214 valence electrons. The van der Waals surface area contributed by atoms with Crippen LogP contribution in [0.3, 0.4) is 0 Å². The molecule has 12 nitrogen and oxygen atoms in total. The van der Waals surface area contributed by atoms with Crippen molar-refractivity contribution in [1.29, 1.82) is 0 Å². The number of hydrogen-bond donors (Lipinski definition) is 2. The Morgan fingerprint density at radius 1 is 1.00 bits per heavy atom. The molecule has 2 aliphatic rings. The van der Waals surface area contributed by atoms with Crippen LogP contribution in [0.25, 0.3) is 0 Å². The van der Waals surface area contributed by atoms with Crippen molar-refractivity contribution in [2.45, 2.75) is 64.8 Å².